The van der Waals surface area contributed by atoms with E-state index in [1.165, 1.54) is 0 Å². The summed E-state index contributed by atoms with van der Waals surface area (Å²) in [5, 5.41) is 0. The van der Waals surface area contributed by atoms with Crippen LogP contribution in [0.5, 0.6) is 11.5 Å². The molecule has 2 aromatic carbocycles. The molecule has 0 amide bonds. The summed E-state index contributed by atoms with van der Waals surface area (Å²) in [6, 6.07) is 25.6. The minimum Gasteiger partial charge on any atom is -0.657 e. The third-order valence-electron chi connectivity index (χ3n) is 9.43. The van der Waals surface area contributed by atoms with E-state index in [0.717, 1.165) is 44.7 Å². The van der Waals surface area contributed by atoms with Gasteiger partial charge >= 0.3 is 19.5 Å². The average molecular weight is 874 g/mol. The summed E-state index contributed by atoms with van der Waals surface area (Å²) in [6.45, 7) is 5.76. The second-order valence-corrected chi connectivity index (χ2v) is 13.5. The Morgan fingerprint density at radius 1 is 0.508 bits per heavy atom. The van der Waals surface area contributed by atoms with Crippen molar-refractivity contribution in [2.75, 3.05) is 93.5 Å². The van der Waals surface area contributed by atoms with Crippen molar-refractivity contribution in [3.8, 4) is 46.1 Å². The molecule has 13 heteroatoms. The number of benzene rings is 2. The molecular formula is C48H48N4O8Zn. The Hall–Kier alpha value is -5.42. The Morgan fingerprint density at radius 2 is 1.00 bits per heavy atom. The molecule has 2 aliphatic heterocycles. The number of rotatable bonds is 22. The summed E-state index contributed by atoms with van der Waals surface area (Å²) < 4.78 is 44.4. The third kappa shape index (κ3) is 12.3. The van der Waals surface area contributed by atoms with Crippen LogP contribution in [0.1, 0.15) is 28.3 Å². The number of hydrogen-bond donors (Lipinski definition) is 0. The summed E-state index contributed by atoms with van der Waals surface area (Å²) >= 11 is 0. The molecule has 61 heavy (non-hydrogen) atoms. The molecule has 5 heterocycles. The molecule has 310 valence electrons. The van der Waals surface area contributed by atoms with Crippen molar-refractivity contribution in [3.63, 3.8) is 0 Å². The van der Waals surface area contributed by atoms with Crippen LogP contribution in [0.25, 0.3) is 68.6 Å². The predicted octanol–water partition coefficient (Wildman–Crippen LogP) is 7.34. The SMILES string of the molecule is C#Cc1c2nc(c(-c3cccc(OCCOCCOCCOC)c3)c3ccc(cc4nc(c(-c5cccc(OCCOCCOCCOC)c5)c5ccc1[n-]5)C=C4)[n-]3)C=C2.[Zn+2]. The van der Waals surface area contributed by atoms with Gasteiger partial charge in [0.2, 0.25) is 0 Å². The third-order valence-corrected chi connectivity index (χ3v) is 9.43. The van der Waals surface area contributed by atoms with E-state index in [9.17, 15) is 0 Å². The molecular weight excluding hydrogens is 826 g/mol. The molecule has 0 N–H and O–H groups in total. The van der Waals surface area contributed by atoms with E-state index in [1.807, 2.05) is 103 Å². The van der Waals surface area contributed by atoms with Gasteiger partial charge in [0.15, 0.2) is 0 Å². The zero-order chi connectivity index (χ0) is 41.4. The fourth-order valence-corrected chi connectivity index (χ4v) is 6.61. The summed E-state index contributed by atoms with van der Waals surface area (Å²) in [7, 11) is 3.29. The van der Waals surface area contributed by atoms with Gasteiger partial charge in [0.25, 0.3) is 0 Å². The van der Waals surface area contributed by atoms with Crippen molar-refractivity contribution in [3.05, 3.63) is 107 Å². The smallest absolute Gasteiger partial charge is 0.657 e. The molecule has 7 rings (SSSR count). The molecule has 3 aromatic heterocycles. The number of methoxy groups -OCH3 is 2. The van der Waals surface area contributed by atoms with Gasteiger partial charge in [-0.25, -0.2) is 9.97 Å². The molecule has 0 atom stereocenters. The molecule has 12 nitrogen and oxygen atoms in total. The van der Waals surface area contributed by atoms with Crippen molar-refractivity contribution >= 4 is 46.4 Å². The maximum atomic E-state index is 6.21. The van der Waals surface area contributed by atoms with Crippen LogP contribution < -0.4 is 19.4 Å². The molecule has 0 unspecified atom stereocenters. The molecule has 0 radical (unpaired) electrons. The summed E-state index contributed by atoms with van der Waals surface area (Å²) in [4.78, 5) is 20.3. The first kappa shape index (κ1) is 45.1. The molecule has 0 spiro atoms. The van der Waals surface area contributed by atoms with E-state index in [4.69, 9.17) is 64.3 Å². The zero-order valence-electron chi connectivity index (χ0n) is 34.6. The second-order valence-electron chi connectivity index (χ2n) is 13.5. The zero-order valence-corrected chi connectivity index (χ0v) is 37.6. The molecule has 0 fully saturated rings. The number of terminal acetylenes is 1. The van der Waals surface area contributed by atoms with Gasteiger partial charge in [-0.2, -0.15) is 0 Å². The van der Waals surface area contributed by atoms with Crippen LogP contribution in [0.3, 0.4) is 0 Å². The molecule has 0 aliphatic carbocycles. The molecule has 2 aliphatic rings. The number of nitrogens with zero attached hydrogens (tertiary/aromatic N) is 4. The Bertz CT molecular complexity index is 2420. The van der Waals surface area contributed by atoms with E-state index in [2.05, 4.69) is 5.92 Å². The van der Waals surface area contributed by atoms with Crippen molar-refractivity contribution < 1.29 is 57.4 Å². The van der Waals surface area contributed by atoms with Gasteiger partial charge in [0, 0.05) is 19.8 Å². The first-order valence-electron chi connectivity index (χ1n) is 19.9. The first-order valence-corrected chi connectivity index (χ1v) is 19.9. The van der Waals surface area contributed by atoms with Gasteiger partial charge in [0.05, 0.1) is 88.8 Å². The topological polar surface area (TPSA) is 128 Å². The molecule has 0 saturated carbocycles. The molecule has 0 saturated heterocycles. The van der Waals surface area contributed by atoms with Crippen LogP contribution in [-0.4, -0.2) is 103 Å². The van der Waals surface area contributed by atoms with Gasteiger partial charge in [-0.05, 0) is 70.8 Å². The first-order chi connectivity index (χ1) is 29.6. The number of ether oxygens (including phenoxy) is 8. The van der Waals surface area contributed by atoms with Crippen LogP contribution in [0, 0.1) is 12.3 Å². The average Bonchev–Trinajstić information content (AvgIpc) is 4.11. The maximum Gasteiger partial charge on any atom is 2.00 e. The van der Waals surface area contributed by atoms with Crippen molar-refractivity contribution in [1.29, 1.82) is 0 Å². The standard InChI is InChI=1S/C48H48N4O8.Zn/c1-4-40-41-15-17-45(51-41)47(34-7-5-9-38(31-34)59-29-27-57-25-23-55-21-19-53-2)43-13-11-36(49-43)33-37-12-14-44(50-37)48(46-18-16-42(40)52-46)35-8-6-10-39(32-35)60-30-28-58-26-24-56-22-20-54-3;/h1,5-18,31-33H,19-30H2,2-3H3;/q-2;+2. The van der Waals surface area contributed by atoms with E-state index in [1.54, 1.807) is 14.2 Å². The van der Waals surface area contributed by atoms with Crippen LogP contribution in [0.4, 0.5) is 0 Å². The van der Waals surface area contributed by atoms with Crippen LogP contribution in [0.2, 0.25) is 0 Å². The van der Waals surface area contributed by atoms with Crippen LogP contribution in [-0.2, 0) is 47.9 Å². The van der Waals surface area contributed by atoms with Crippen LogP contribution in [0.15, 0.2) is 78.9 Å². The quantitative estimate of drug-likeness (QED) is 0.0384. The Morgan fingerprint density at radius 3 is 1.59 bits per heavy atom. The summed E-state index contributed by atoms with van der Waals surface area (Å²) in [6.07, 6.45) is 14.1. The van der Waals surface area contributed by atoms with Gasteiger partial charge in [0.1, 0.15) is 24.7 Å². The van der Waals surface area contributed by atoms with Crippen molar-refractivity contribution in [1.82, 2.24) is 19.9 Å². The monoisotopic (exact) mass is 872 g/mol. The normalized spacial score (nSPS) is 11.7. The van der Waals surface area contributed by atoms with E-state index >= 15 is 0 Å². The number of aromatic nitrogens is 4. The number of fused-ring (bicyclic) bond motifs is 8. The summed E-state index contributed by atoms with van der Waals surface area (Å²) in [5.41, 5.74) is 9.73. The Kier molecular flexibility index (Phi) is 17.4. The van der Waals surface area contributed by atoms with Gasteiger partial charge in [-0.15, -0.1) is 28.5 Å². The number of hydrogen-bond acceptors (Lipinski definition) is 10. The predicted molar refractivity (Wildman–Crippen MR) is 234 cm³/mol. The minimum atomic E-state index is 0. The maximum absolute atomic E-state index is 6.21. The molecule has 5 aromatic rings. The fourth-order valence-electron chi connectivity index (χ4n) is 6.61. The largest absolute Gasteiger partial charge is 2.00 e. The molecule has 8 bridgehead atoms. The second kappa shape index (κ2) is 23.5. The minimum absolute atomic E-state index is 0. The summed E-state index contributed by atoms with van der Waals surface area (Å²) in [5.74, 6) is 4.27. The van der Waals surface area contributed by atoms with E-state index in [0.29, 0.717) is 119 Å². The van der Waals surface area contributed by atoms with Crippen molar-refractivity contribution in [2.24, 2.45) is 0 Å². The van der Waals surface area contributed by atoms with Crippen molar-refractivity contribution in [2.45, 2.75) is 0 Å². The Labute approximate surface area is 369 Å². The van der Waals surface area contributed by atoms with Gasteiger partial charge in [-0.1, -0.05) is 60.5 Å². The fraction of sp³-hybridized carbons (Fsp3) is 0.292. The van der Waals surface area contributed by atoms with E-state index in [-0.39, 0.29) is 19.5 Å². The van der Waals surface area contributed by atoms with Gasteiger partial charge in [-0.3, -0.25) is 0 Å². The van der Waals surface area contributed by atoms with Gasteiger partial charge < -0.3 is 47.9 Å². The van der Waals surface area contributed by atoms with E-state index < -0.39 is 0 Å². The Balaban J connectivity index is 0.00000622. The van der Waals surface area contributed by atoms with Crippen LogP contribution >= 0.6 is 0 Å².